The summed E-state index contributed by atoms with van der Waals surface area (Å²) in [6.45, 7) is 0. The van der Waals surface area contributed by atoms with Gasteiger partial charge in [-0.2, -0.15) is 0 Å². The first-order valence-electron chi connectivity index (χ1n) is 38.5. The molecule has 0 bridgehead atoms. The lowest BCUT2D eigenvalue weighted by Gasteiger charge is -2.19. The topological polar surface area (TPSA) is 9.86 Å². The summed E-state index contributed by atoms with van der Waals surface area (Å²) in [5.74, 6) is 0. The number of hydrogen-bond acceptors (Lipinski definition) is 0. The molecule has 0 N–H and O–H groups in total. The molecule has 0 atom stereocenters. The van der Waals surface area contributed by atoms with E-state index in [0.29, 0.717) is 0 Å². The molecule has 502 valence electrons. The lowest BCUT2D eigenvalue weighted by atomic mass is 9.84. The fraction of sp³-hybridized carbons (Fsp3) is 0. The highest BCUT2D eigenvalue weighted by molar-refractivity contribution is 6.50. The lowest BCUT2D eigenvalue weighted by molar-refractivity contribution is 1.18. The summed E-state index contributed by atoms with van der Waals surface area (Å²) in [6, 6.07) is 139. The van der Waals surface area contributed by atoms with Crippen molar-refractivity contribution in [3.8, 4) is 67.0 Å². The number of rotatable bonds is 7. The summed E-state index contributed by atoms with van der Waals surface area (Å²) in [4.78, 5) is 0. The van der Waals surface area contributed by atoms with Gasteiger partial charge in [0.1, 0.15) is 0 Å². The lowest BCUT2D eigenvalue weighted by Crippen LogP contribution is -1.93. The standard InChI is InChI=1S/C108H60N2/c1-7-28-61(29-8-1)92-84-57-81-70-41-20-19-40-69(70)71-44-24-49-77(97(71)81)103(84)95(64-34-13-4-14-35-64)108-87-60-91-102(76-48-27-51-79(100(76)87)105(92)108)83-56-65(54-55-89(83)110(91)67-38-17-6-18-39-67)68-43-23-45-72-82-58-85-93(62-30-9-2-10-31-62)107-86-59-90-101(73-42-21-22-53-88(73)109(90)66-36-15-5-16-37-66)75-47-26-52-80(99(75)86)106(107)94(63-32-11-3-12-33-63)104(85)78-50-25-46-74(96(68)72)98(78)82/h1-60H. The fourth-order valence-corrected chi connectivity index (χ4v) is 21.3. The quantitative estimate of drug-likeness (QED) is 0.141. The van der Waals surface area contributed by atoms with Crippen LogP contribution in [0.2, 0.25) is 0 Å². The zero-order valence-electron chi connectivity index (χ0n) is 59.5. The van der Waals surface area contributed by atoms with E-state index in [2.05, 4.69) is 373 Å². The molecule has 0 unspecified atom stereocenters. The molecule has 110 heavy (non-hydrogen) atoms. The molecule has 2 heteroatoms. The molecule has 0 radical (unpaired) electrons. The van der Waals surface area contributed by atoms with E-state index in [1.54, 1.807) is 0 Å². The van der Waals surface area contributed by atoms with Gasteiger partial charge in [-0.1, -0.05) is 297 Å². The molecule has 2 aromatic heterocycles. The molecule has 2 heterocycles. The van der Waals surface area contributed by atoms with Crippen LogP contribution < -0.4 is 0 Å². The summed E-state index contributed by atoms with van der Waals surface area (Å²) < 4.78 is 5.05. The van der Waals surface area contributed by atoms with Gasteiger partial charge < -0.3 is 9.13 Å². The first-order valence-corrected chi connectivity index (χ1v) is 38.5. The largest absolute Gasteiger partial charge is 0.309 e. The Balaban J connectivity index is 0.779. The van der Waals surface area contributed by atoms with E-state index in [1.165, 1.54) is 250 Å². The van der Waals surface area contributed by atoms with Gasteiger partial charge in [-0.05, 0) is 273 Å². The zero-order chi connectivity index (χ0) is 71.3. The highest BCUT2D eigenvalue weighted by Gasteiger charge is 2.32. The Morgan fingerprint density at radius 3 is 0.955 bits per heavy atom. The van der Waals surface area contributed by atoms with E-state index in [4.69, 9.17) is 0 Å². The molecule has 26 aromatic rings. The van der Waals surface area contributed by atoms with E-state index in [0.717, 1.165) is 11.4 Å². The number of aromatic nitrogens is 2. The molecule has 0 saturated heterocycles. The minimum Gasteiger partial charge on any atom is -0.309 e. The average Bonchev–Trinajstić information content (AvgIpc) is 1.52. The Morgan fingerprint density at radius 2 is 0.445 bits per heavy atom. The SMILES string of the molecule is c1ccc(-c2c3cc4c5ccccc5c5cccc(c3c(-c3ccccc3)c3c6cc7c(c8cccc(c23)c68)c2cc(-c3cccc6c8cc9c(-c%10ccccc%10)c%10c%11cc%12c(c%13cccc(c%10c(-c%10ccccc%10)c9c9cccc(c36)c89)c%11%13)c3ccccc3n%12-c3ccccc3)ccc2n7-c2ccccc2)c54)cc1. The van der Waals surface area contributed by atoms with E-state index in [-0.39, 0.29) is 0 Å². The maximum atomic E-state index is 2.60. The molecular formula is C108H60N2. The van der Waals surface area contributed by atoms with Crippen molar-refractivity contribution >= 4 is 194 Å². The Bertz CT molecular complexity index is 8450. The molecule has 0 spiro atoms. The van der Waals surface area contributed by atoms with E-state index >= 15 is 0 Å². The van der Waals surface area contributed by atoms with Crippen molar-refractivity contribution in [2.24, 2.45) is 0 Å². The van der Waals surface area contributed by atoms with Crippen LogP contribution in [0.15, 0.2) is 364 Å². The van der Waals surface area contributed by atoms with E-state index in [9.17, 15) is 0 Å². The van der Waals surface area contributed by atoms with E-state index in [1.807, 2.05) is 0 Å². The van der Waals surface area contributed by atoms with Gasteiger partial charge in [0.05, 0.1) is 22.1 Å². The van der Waals surface area contributed by atoms with Crippen molar-refractivity contribution in [2.75, 3.05) is 0 Å². The third-order valence-corrected chi connectivity index (χ3v) is 25.3. The Labute approximate surface area is 630 Å². The first kappa shape index (κ1) is 58.8. The second-order valence-corrected chi connectivity index (χ2v) is 30.6. The number of nitrogens with zero attached hydrogens (tertiary/aromatic N) is 2. The molecule has 2 nitrogen and oxygen atoms in total. The highest BCUT2D eigenvalue weighted by Crippen LogP contribution is 2.60. The second-order valence-electron chi connectivity index (χ2n) is 30.6. The third-order valence-electron chi connectivity index (χ3n) is 25.3. The van der Waals surface area contributed by atoms with Crippen LogP contribution in [0.1, 0.15) is 0 Å². The molecule has 0 aliphatic heterocycles. The van der Waals surface area contributed by atoms with Gasteiger partial charge in [-0.3, -0.25) is 0 Å². The van der Waals surface area contributed by atoms with Crippen molar-refractivity contribution in [2.45, 2.75) is 0 Å². The third kappa shape index (κ3) is 7.52. The number of benzene rings is 20. The number of hydrogen-bond donors (Lipinski definition) is 0. The van der Waals surface area contributed by atoms with Crippen molar-refractivity contribution < 1.29 is 0 Å². The highest BCUT2D eigenvalue weighted by atomic mass is 15.0. The minimum absolute atomic E-state index is 1.13. The summed E-state index contributed by atoms with van der Waals surface area (Å²) in [7, 11) is 0. The van der Waals surface area contributed by atoms with Gasteiger partial charge in [-0.15, -0.1) is 0 Å². The molecule has 0 fully saturated rings. The summed E-state index contributed by atoms with van der Waals surface area (Å²) in [5, 5.41) is 41.0. The van der Waals surface area contributed by atoms with E-state index < -0.39 is 0 Å². The van der Waals surface area contributed by atoms with Crippen LogP contribution in [0.5, 0.6) is 0 Å². The first-order chi connectivity index (χ1) is 54.7. The molecule has 0 aliphatic rings. The predicted octanol–water partition coefficient (Wildman–Crippen LogP) is 30.1. The van der Waals surface area contributed by atoms with Crippen LogP contribution in [0, 0.1) is 0 Å². The van der Waals surface area contributed by atoms with Crippen molar-refractivity contribution in [1.29, 1.82) is 0 Å². The van der Waals surface area contributed by atoms with Crippen molar-refractivity contribution in [3.05, 3.63) is 364 Å². The van der Waals surface area contributed by atoms with Crippen molar-refractivity contribution in [1.82, 2.24) is 9.13 Å². The van der Waals surface area contributed by atoms with Gasteiger partial charge in [0, 0.05) is 32.9 Å². The van der Waals surface area contributed by atoms with Crippen LogP contribution in [0.3, 0.4) is 0 Å². The van der Waals surface area contributed by atoms with Crippen LogP contribution in [0.4, 0.5) is 0 Å². The molecule has 0 saturated carbocycles. The van der Waals surface area contributed by atoms with Gasteiger partial charge >= 0.3 is 0 Å². The molecule has 0 aliphatic carbocycles. The monoisotopic (exact) mass is 1380 g/mol. The van der Waals surface area contributed by atoms with Gasteiger partial charge in [0.2, 0.25) is 0 Å². The van der Waals surface area contributed by atoms with Crippen molar-refractivity contribution in [3.63, 3.8) is 0 Å². The Hall–Kier alpha value is -14.4. The van der Waals surface area contributed by atoms with Crippen LogP contribution >= 0.6 is 0 Å². The molecule has 0 amide bonds. The summed E-state index contributed by atoms with van der Waals surface area (Å²) >= 11 is 0. The normalized spacial score (nSPS) is 12.5. The fourth-order valence-electron chi connectivity index (χ4n) is 21.3. The Morgan fingerprint density at radius 1 is 0.127 bits per heavy atom. The number of fused-ring (bicyclic) bond motifs is 24. The minimum atomic E-state index is 1.13. The van der Waals surface area contributed by atoms with Gasteiger partial charge in [0.25, 0.3) is 0 Å². The van der Waals surface area contributed by atoms with Crippen LogP contribution in [0.25, 0.3) is 261 Å². The maximum Gasteiger partial charge on any atom is 0.0553 e. The number of para-hydroxylation sites is 3. The Kier molecular flexibility index (Phi) is 11.6. The van der Waals surface area contributed by atoms with Crippen LogP contribution in [-0.2, 0) is 0 Å². The van der Waals surface area contributed by atoms with Gasteiger partial charge in [0.15, 0.2) is 0 Å². The maximum absolute atomic E-state index is 2.60. The van der Waals surface area contributed by atoms with Crippen LogP contribution in [-0.4, -0.2) is 9.13 Å². The van der Waals surface area contributed by atoms with Gasteiger partial charge in [-0.25, -0.2) is 0 Å². The zero-order valence-corrected chi connectivity index (χ0v) is 59.5. The summed E-state index contributed by atoms with van der Waals surface area (Å²) in [5.41, 5.74) is 19.4. The smallest absolute Gasteiger partial charge is 0.0553 e. The summed E-state index contributed by atoms with van der Waals surface area (Å²) in [6.07, 6.45) is 0. The molecule has 26 rings (SSSR count). The molecular weight excluding hydrogens is 1330 g/mol. The predicted molar refractivity (Wildman–Crippen MR) is 472 cm³/mol. The second kappa shape index (κ2) is 21.6. The average molecular weight is 1390 g/mol. The molecule has 24 aromatic carbocycles.